The molecule has 2 aromatic carbocycles. The zero-order valence-electron chi connectivity index (χ0n) is 18.9. The van der Waals surface area contributed by atoms with Crippen LogP contribution < -0.4 is 16.0 Å². The van der Waals surface area contributed by atoms with Gasteiger partial charge in [0, 0.05) is 17.2 Å². The van der Waals surface area contributed by atoms with E-state index in [0.29, 0.717) is 12.1 Å². The highest BCUT2D eigenvalue weighted by molar-refractivity contribution is 5.97. The van der Waals surface area contributed by atoms with Crippen LogP contribution in [0.15, 0.2) is 60.7 Å². The van der Waals surface area contributed by atoms with E-state index in [1.54, 1.807) is 0 Å². The van der Waals surface area contributed by atoms with E-state index in [9.17, 15) is 14.7 Å². The molecule has 31 heavy (non-hydrogen) atoms. The summed E-state index contributed by atoms with van der Waals surface area (Å²) >= 11 is 0. The molecule has 0 heterocycles. The number of aliphatic hydroxyl groups excluding tert-OH is 1. The number of hydrogen-bond donors (Lipinski definition) is 4. The van der Waals surface area contributed by atoms with Crippen LogP contribution >= 0.6 is 0 Å². The third-order valence-electron chi connectivity index (χ3n) is 5.27. The molecule has 3 atom stereocenters. The average molecular weight is 427 g/mol. The van der Waals surface area contributed by atoms with Gasteiger partial charge >= 0.3 is 0 Å². The Bertz CT molecular complexity index is 809. The Hall–Kier alpha value is -2.70. The number of carbonyl (C=O) groups is 2. The lowest BCUT2D eigenvalue weighted by Crippen LogP contribution is -2.95. The second-order valence-electron chi connectivity index (χ2n) is 8.71. The fraction of sp³-hybridized carbons (Fsp3) is 0.440. The lowest BCUT2D eigenvalue weighted by atomic mass is 9.98. The molecule has 2 rings (SSSR count). The van der Waals surface area contributed by atoms with E-state index < -0.39 is 12.1 Å². The Kier molecular flexibility index (Phi) is 9.69. The average Bonchev–Trinajstić information content (AvgIpc) is 2.74. The Morgan fingerprint density at radius 1 is 0.903 bits per heavy atom. The maximum atomic E-state index is 13.2. The van der Waals surface area contributed by atoms with Crippen molar-refractivity contribution >= 4 is 17.5 Å². The first-order valence-electron chi connectivity index (χ1n) is 11.0. The molecule has 0 aliphatic heterocycles. The van der Waals surface area contributed by atoms with Crippen molar-refractivity contribution in [1.29, 1.82) is 0 Å². The fourth-order valence-electron chi connectivity index (χ4n) is 3.56. The number of rotatable bonds is 11. The molecule has 0 saturated heterocycles. The standard InChI is InChI=1S/C25H35N3O3/c1-17(2)15-21(24(30)26-20-13-9-6-10-14-20)28-25(31)23(18(3)4)27-22(16-29)19-11-7-5-8-12-19/h5-14,17-18,21-23,27,29H,15-16H2,1-4H3,(H,26,30)(H,28,31)/p+1/t21-,22+,23-/m0/s1. The molecular weight excluding hydrogens is 390 g/mol. The van der Waals surface area contributed by atoms with Crippen LogP contribution in [0.2, 0.25) is 0 Å². The molecule has 0 aromatic heterocycles. The minimum atomic E-state index is -0.633. The largest absolute Gasteiger partial charge is 0.390 e. The van der Waals surface area contributed by atoms with Crippen LogP contribution in [0.1, 0.15) is 45.7 Å². The van der Waals surface area contributed by atoms with Gasteiger partial charge < -0.3 is 21.1 Å². The normalized spacial score (nSPS) is 14.2. The van der Waals surface area contributed by atoms with E-state index in [2.05, 4.69) is 10.6 Å². The topological polar surface area (TPSA) is 95.0 Å². The third-order valence-corrected chi connectivity index (χ3v) is 5.27. The number of carbonyl (C=O) groups excluding carboxylic acids is 2. The van der Waals surface area contributed by atoms with Crippen LogP contribution in [0, 0.1) is 11.8 Å². The minimum absolute atomic E-state index is 0.0228. The molecule has 0 fully saturated rings. The second kappa shape index (κ2) is 12.2. The Morgan fingerprint density at radius 2 is 1.48 bits per heavy atom. The fourth-order valence-corrected chi connectivity index (χ4v) is 3.56. The van der Waals surface area contributed by atoms with Crippen LogP contribution in [0.3, 0.4) is 0 Å². The van der Waals surface area contributed by atoms with Crippen molar-refractivity contribution < 1.29 is 20.0 Å². The van der Waals surface area contributed by atoms with Gasteiger partial charge in [0.2, 0.25) is 5.91 Å². The van der Waals surface area contributed by atoms with E-state index in [1.165, 1.54) is 0 Å². The van der Waals surface area contributed by atoms with Crippen LogP contribution in [0.5, 0.6) is 0 Å². The highest BCUT2D eigenvalue weighted by Crippen LogP contribution is 2.12. The maximum Gasteiger partial charge on any atom is 0.279 e. The zero-order valence-corrected chi connectivity index (χ0v) is 18.9. The third kappa shape index (κ3) is 7.81. The summed E-state index contributed by atoms with van der Waals surface area (Å²) in [6.45, 7) is 7.92. The lowest BCUT2D eigenvalue weighted by Gasteiger charge is -2.26. The van der Waals surface area contributed by atoms with Crippen LogP contribution in [-0.2, 0) is 9.59 Å². The number of nitrogens with two attached hydrogens (primary N) is 1. The van der Waals surface area contributed by atoms with Crippen LogP contribution in [-0.4, -0.2) is 35.6 Å². The number of aliphatic hydroxyl groups is 1. The zero-order chi connectivity index (χ0) is 22.8. The molecule has 168 valence electrons. The van der Waals surface area contributed by atoms with Crippen molar-refractivity contribution in [2.24, 2.45) is 11.8 Å². The Labute approximate surface area is 185 Å². The van der Waals surface area contributed by atoms with E-state index in [4.69, 9.17) is 0 Å². The summed E-state index contributed by atoms with van der Waals surface area (Å²) in [7, 11) is 0. The number of hydrogen-bond acceptors (Lipinski definition) is 3. The summed E-state index contributed by atoms with van der Waals surface area (Å²) in [5.41, 5.74) is 1.66. The number of para-hydroxylation sites is 1. The summed E-state index contributed by atoms with van der Waals surface area (Å²) in [4.78, 5) is 26.1. The predicted octanol–water partition coefficient (Wildman–Crippen LogP) is 2.48. The lowest BCUT2D eigenvalue weighted by molar-refractivity contribution is -0.722. The number of amides is 2. The van der Waals surface area contributed by atoms with E-state index in [0.717, 1.165) is 5.56 Å². The van der Waals surface area contributed by atoms with Gasteiger partial charge in [0.15, 0.2) is 6.04 Å². The van der Waals surface area contributed by atoms with Crippen molar-refractivity contribution in [2.75, 3.05) is 11.9 Å². The van der Waals surface area contributed by atoms with Gasteiger partial charge in [0.1, 0.15) is 12.1 Å². The van der Waals surface area contributed by atoms with Crippen molar-refractivity contribution in [3.05, 3.63) is 66.2 Å². The molecule has 2 aromatic rings. The molecular formula is C25H36N3O3+. The van der Waals surface area contributed by atoms with Gasteiger partial charge in [-0.25, -0.2) is 0 Å². The highest BCUT2D eigenvalue weighted by Gasteiger charge is 2.33. The molecule has 5 N–H and O–H groups in total. The van der Waals surface area contributed by atoms with Crippen molar-refractivity contribution in [1.82, 2.24) is 5.32 Å². The summed E-state index contributed by atoms with van der Waals surface area (Å²) in [6.07, 6.45) is 0.539. The van der Waals surface area contributed by atoms with Gasteiger partial charge in [-0.3, -0.25) is 9.59 Å². The number of nitrogens with one attached hydrogen (secondary N) is 2. The highest BCUT2D eigenvalue weighted by atomic mass is 16.3. The first-order chi connectivity index (χ1) is 14.8. The molecule has 0 aliphatic rings. The molecule has 6 heteroatoms. The number of anilines is 1. The van der Waals surface area contributed by atoms with Crippen molar-refractivity contribution in [2.45, 2.75) is 52.2 Å². The number of benzene rings is 2. The molecule has 0 aliphatic carbocycles. The van der Waals surface area contributed by atoms with Crippen LogP contribution in [0.4, 0.5) is 5.69 Å². The summed E-state index contributed by atoms with van der Waals surface area (Å²) in [5, 5.41) is 17.7. The summed E-state index contributed by atoms with van der Waals surface area (Å²) in [6, 6.07) is 17.6. The molecule has 0 bridgehead atoms. The van der Waals surface area contributed by atoms with E-state index in [-0.39, 0.29) is 36.3 Å². The van der Waals surface area contributed by atoms with Gasteiger partial charge in [-0.05, 0) is 24.5 Å². The molecule has 0 radical (unpaired) electrons. The Morgan fingerprint density at radius 3 is 2.00 bits per heavy atom. The Balaban J connectivity index is 2.13. The van der Waals surface area contributed by atoms with Crippen LogP contribution in [0.25, 0.3) is 0 Å². The number of quaternary nitrogens is 1. The van der Waals surface area contributed by atoms with Gasteiger partial charge in [-0.1, -0.05) is 76.2 Å². The first-order valence-corrected chi connectivity index (χ1v) is 11.0. The monoisotopic (exact) mass is 426 g/mol. The van der Waals surface area contributed by atoms with Gasteiger partial charge in [-0.15, -0.1) is 0 Å². The molecule has 6 nitrogen and oxygen atoms in total. The molecule has 2 amide bonds. The van der Waals surface area contributed by atoms with E-state index in [1.807, 2.05) is 93.7 Å². The summed E-state index contributed by atoms with van der Waals surface area (Å²) in [5.74, 6) is -0.159. The SMILES string of the molecule is CC(C)C[C@H](NC(=O)[C@@H]([NH2+][C@H](CO)c1ccccc1)C(C)C)C(=O)Nc1ccccc1. The van der Waals surface area contributed by atoms with Gasteiger partial charge in [-0.2, -0.15) is 0 Å². The van der Waals surface area contributed by atoms with E-state index >= 15 is 0 Å². The summed E-state index contributed by atoms with van der Waals surface area (Å²) < 4.78 is 0. The maximum absolute atomic E-state index is 13.2. The van der Waals surface area contributed by atoms with Crippen molar-refractivity contribution in [3.8, 4) is 0 Å². The predicted molar refractivity (Wildman–Crippen MR) is 123 cm³/mol. The first kappa shape index (κ1) is 24.6. The van der Waals surface area contributed by atoms with Gasteiger partial charge in [0.25, 0.3) is 5.91 Å². The molecule has 0 unspecified atom stereocenters. The molecule has 0 saturated carbocycles. The molecule has 0 spiro atoms. The smallest absolute Gasteiger partial charge is 0.279 e. The second-order valence-corrected chi connectivity index (χ2v) is 8.71. The van der Waals surface area contributed by atoms with Crippen molar-refractivity contribution in [3.63, 3.8) is 0 Å². The van der Waals surface area contributed by atoms with Gasteiger partial charge in [0.05, 0.1) is 6.61 Å². The minimum Gasteiger partial charge on any atom is -0.390 e. The quantitative estimate of drug-likeness (QED) is 0.445.